The van der Waals surface area contributed by atoms with E-state index in [9.17, 15) is 9.59 Å². The summed E-state index contributed by atoms with van der Waals surface area (Å²) in [6.45, 7) is 1.74. The largest absolute Gasteiger partial charge is 0.366 e. The summed E-state index contributed by atoms with van der Waals surface area (Å²) < 4.78 is 0. The number of benzene rings is 1. The van der Waals surface area contributed by atoms with E-state index in [0.717, 1.165) is 31.5 Å². The fourth-order valence-electron chi connectivity index (χ4n) is 2.55. The molecule has 1 aliphatic heterocycles. The van der Waals surface area contributed by atoms with Crippen LogP contribution in [0.1, 0.15) is 45.0 Å². The quantitative estimate of drug-likeness (QED) is 0.718. The van der Waals surface area contributed by atoms with E-state index < -0.39 is 11.8 Å². The Labute approximate surface area is 106 Å². The molecule has 1 aromatic carbocycles. The summed E-state index contributed by atoms with van der Waals surface area (Å²) in [6, 6.07) is 4.96. The van der Waals surface area contributed by atoms with Crippen molar-refractivity contribution in [3.63, 3.8) is 0 Å². The SMILES string of the molecule is NC(=O)c1cccc(C(N)=O)c1C1CCNCC1. The highest BCUT2D eigenvalue weighted by atomic mass is 16.1. The molecule has 5 nitrogen and oxygen atoms in total. The topological polar surface area (TPSA) is 98.2 Å². The zero-order chi connectivity index (χ0) is 13.1. The fraction of sp³-hybridized carbons (Fsp3) is 0.385. The highest BCUT2D eigenvalue weighted by molar-refractivity contribution is 6.01. The van der Waals surface area contributed by atoms with Crippen LogP contribution in [0.2, 0.25) is 0 Å². The van der Waals surface area contributed by atoms with Crippen molar-refractivity contribution in [2.75, 3.05) is 13.1 Å². The summed E-state index contributed by atoms with van der Waals surface area (Å²) >= 11 is 0. The molecule has 0 bridgehead atoms. The molecule has 5 N–H and O–H groups in total. The van der Waals surface area contributed by atoms with Crippen LogP contribution in [0.5, 0.6) is 0 Å². The summed E-state index contributed by atoms with van der Waals surface area (Å²) in [5.74, 6) is -0.851. The molecule has 0 radical (unpaired) electrons. The number of amides is 2. The molecule has 1 saturated heterocycles. The number of piperidine rings is 1. The summed E-state index contributed by atoms with van der Waals surface area (Å²) in [7, 11) is 0. The molecule has 0 aliphatic carbocycles. The van der Waals surface area contributed by atoms with E-state index in [1.165, 1.54) is 0 Å². The molecule has 0 atom stereocenters. The average Bonchev–Trinajstić information content (AvgIpc) is 2.38. The van der Waals surface area contributed by atoms with Gasteiger partial charge in [-0.1, -0.05) is 6.07 Å². The highest BCUT2D eigenvalue weighted by Crippen LogP contribution is 2.30. The lowest BCUT2D eigenvalue weighted by atomic mass is 9.83. The molecule has 1 aromatic rings. The lowest BCUT2D eigenvalue weighted by molar-refractivity contribution is 0.0998. The van der Waals surface area contributed by atoms with E-state index in [0.29, 0.717) is 11.1 Å². The van der Waals surface area contributed by atoms with Crippen molar-refractivity contribution in [3.05, 3.63) is 34.9 Å². The van der Waals surface area contributed by atoms with Gasteiger partial charge in [-0.15, -0.1) is 0 Å². The highest BCUT2D eigenvalue weighted by Gasteiger charge is 2.24. The van der Waals surface area contributed by atoms with Gasteiger partial charge in [-0.2, -0.15) is 0 Å². The van der Waals surface area contributed by atoms with E-state index in [4.69, 9.17) is 11.5 Å². The average molecular weight is 247 g/mol. The van der Waals surface area contributed by atoms with Crippen molar-refractivity contribution in [2.24, 2.45) is 11.5 Å². The zero-order valence-corrected chi connectivity index (χ0v) is 10.1. The number of nitrogens with one attached hydrogen (secondary N) is 1. The Hall–Kier alpha value is -1.88. The summed E-state index contributed by atoms with van der Waals surface area (Å²) in [4.78, 5) is 23.0. The summed E-state index contributed by atoms with van der Waals surface area (Å²) in [5.41, 5.74) is 12.3. The second-order valence-corrected chi connectivity index (χ2v) is 4.52. The second kappa shape index (κ2) is 5.18. The van der Waals surface area contributed by atoms with Crippen LogP contribution in [0.4, 0.5) is 0 Å². The monoisotopic (exact) mass is 247 g/mol. The minimum Gasteiger partial charge on any atom is -0.366 e. The van der Waals surface area contributed by atoms with E-state index in [1.807, 2.05) is 0 Å². The van der Waals surface area contributed by atoms with Crippen LogP contribution in [0.25, 0.3) is 0 Å². The van der Waals surface area contributed by atoms with Gasteiger partial charge in [0.05, 0.1) is 0 Å². The molecule has 1 aliphatic rings. The van der Waals surface area contributed by atoms with Crippen molar-refractivity contribution in [3.8, 4) is 0 Å². The molecule has 0 aromatic heterocycles. The number of primary amides is 2. The molecule has 96 valence electrons. The maximum atomic E-state index is 11.5. The predicted molar refractivity (Wildman–Crippen MR) is 68.3 cm³/mol. The first kappa shape index (κ1) is 12.6. The number of carbonyl (C=O) groups excluding carboxylic acids is 2. The number of carbonyl (C=O) groups is 2. The first-order valence-electron chi connectivity index (χ1n) is 6.04. The predicted octanol–water partition coefficient (Wildman–Crippen LogP) is 0.351. The Morgan fingerprint density at radius 1 is 1.06 bits per heavy atom. The lowest BCUT2D eigenvalue weighted by Crippen LogP contribution is -2.30. The molecule has 2 rings (SSSR count). The van der Waals surface area contributed by atoms with Crippen molar-refractivity contribution in [2.45, 2.75) is 18.8 Å². The van der Waals surface area contributed by atoms with Crippen molar-refractivity contribution in [1.82, 2.24) is 5.32 Å². The Morgan fingerprint density at radius 3 is 2.00 bits per heavy atom. The standard InChI is InChI=1S/C13H17N3O2/c14-12(17)9-2-1-3-10(13(15)18)11(9)8-4-6-16-7-5-8/h1-3,8,16H,4-7H2,(H2,14,17)(H2,15,18). The van der Waals surface area contributed by atoms with Gasteiger partial charge in [-0.05, 0) is 49.5 Å². The van der Waals surface area contributed by atoms with Gasteiger partial charge in [0.15, 0.2) is 0 Å². The zero-order valence-electron chi connectivity index (χ0n) is 10.1. The van der Waals surface area contributed by atoms with Crippen LogP contribution in [-0.2, 0) is 0 Å². The van der Waals surface area contributed by atoms with Gasteiger partial charge < -0.3 is 16.8 Å². The van der Waals surface area contributed by atoms with Gasteiger partial charge in [0.1, 0.15) is 0 Å². The van der Waals surface area contributed by atoms with E-state index >= 15 is 0 Å². The van der Waals surface area contributed by atoms with Gasteiger partial charge in [-0.3, -0.25) is 9.59 Å². The number of nitrogens with two attached hydrogens (primary N) is 2. The summed E-state index contributed by atoms with van der Waals surface area (Å²) in [5, 5.41) is 3.25. The maximum absolute atomic E-state index is 11.5. The van der Waals surface area contributed by atoms with E-state index in [1.54, 1.807) is 18.2 Å². The normalized spacial score (nSPS) is 16.4. The van der Waals surface area contributed by atoms with E-state index in [2.05, 4.69) is 5.32 Å². The van der Waals surface area contributed by atoms with Gasteiger partial charge in [0.2, 0.25) is 11.8 Å². The summed E-state index contributed by atoms with van der Waals surface area (Å²) in [6.07, 6.45) is 1.76. The van der Waals surface area contributed by atoms with Crippen LogP contribution < -0.4 is 16.8 Å². The molecule has 18 heavy (non-hydrogen) atoms. The molecule has 1 heterocycles. The molecule has 2 amide bonds. The van der Waals surface area contributed by atoms with Gasteiger partial charge in [-0.25, -0.2) is 0 Å². The van der Waals surface area contributed by atoms with Gasteiger partial charge in [0, 0.05) is 11.1 Å². The minimum absolute atomic E-state index is 0.164. The molecule has 5 heteroatoms. The number of hydrogen-bond acceptors (Lipinski definition) is 3. The van der Waals surface area contributed by atoms with Crippen LogP contribution in [0.3, 0.4) is 0 Å². The minimum atomic E-state index is -0.508. The third-order valence-electron chi connectivity index (χ3n) is 3.38. The van der Waals surface area contributed by atoms with Crippen molar-refractivity contribution >= 4 is 11.8 Å². The molecule has 0 saturated carbocycles. The number of rotatable bonds is 3. The van der Waals surface area contributed by atoms with Gasteiger partial charge >= 0.3 is 0 Å². The molecular formula is C13H17N3O2. The van der Waals surface area contributed by atoms with Crippen molar-refractivity contribution < 1.29 is 9.59 Å². The second-order valence-electron chi connectivity index (χ2n) is 4.52. The lowest BCUT2D eigenvalue weighted by Gasteiger charge is -2.26. The van der Waals surface area contributed by atoms with Crippen LogP contribution in [0.15, 0.2) is 18.2 Å². The molecular weight excluding hydrogens is 230 g/mol. The van der Waals surface area contributed by atoms with Gasteiger partial charge in [0.25, 0.3) is 0 Å². The maximum Gasteiger partial charge on any atom is 0.249 e. The van der Waals surface area contributed by atoms with Crippen molar-refractivity contribution in [1.29, 1.82) is 0 Å². The van der Waals surface area contributed by atoms with E-state index in [-0.39, 0.29) is 5.92 Å². The van der Waals surface area contributed by atoms with Crippen LogP contribution in [0, 0.1) is 0 Å². The Morgan fingerprint density at radius 2 is 1.56 bits per heavy atom. The Bertz CT molecular complexity index is 447. The molecule has 0 spiro atoms. The fourth-order valence-corrected chi connectivity index (χ4v) is 2.55. The Kier molecular flexibility index (Phi) is 3.62. The first-order chi connectivity index (χ1) is 8.61. The Balaban J connectivity index is 2.52. The smallest absolute Gasteiger partial charge is 0.249 e. The third-order valence-corrected chi connectivity index (χ3v) is 3.38. The molecule has 1 fully saturated rings. The molecule has 0 unspecified atom stereocenters. The first-order valence-corrected chi connectivity index (χ1v) is 6.04. The van der Waals surface area contributed by atoms with Crippen LogP contribution in [-0.4, -0.2) is 24.9 Å². The van der Waals surface area contributed by atoms with Crippen LogP contribution >= 0.6 is 0 Å². The third kappa shape index (κ3) is 2.36. The number of hydrogen-bond donors (Lipinski definition) is 3.